The van der Waals surface area contributed by atoms with Gasteiger partial charge in [0.1, 0.15) is 0 Å². The number of aromatic nitrogens is 2. The van der Waals surface area contributed by atoms with Crippen molar-refractivity contribution in [1.29, 1.82) is 0 Å². The molecule has 1 heterocycles. The van der Waals surface area contributed by atoms with Crippen LogP contribution in [0.3, 0.4) is 0 Å². The number of ether oxygens (including phenoxy) is 1. The number of fused-ring (bicyclic) bond motifs is 1. The number of anilines is 1. The van der Waals surface area contributed by atoms with Crippen LogP contribution in [-0.4, -0.2) is 23.3 Å². The Balaban J connectivity index is 2.36. The van der Waals surface area contributed by atoms with Gasteiger partial charge in [0.25, 0.3) is 0 Å². The molecule has 2 aromatic rings. The maximum absolute atomic E-state index is 5.92. The summed E-state index contributed by atoms with van der Waals surface area (Å²) in [6, 6.07) is 6.14. The standard InChI is InChI=1S/C12H17N3O/c1-9-5-3-6-10-11(9)14-12(13)15(10)7-4-8-16-2/h3,5-6H,4,7-8H2,1-2H3,(H2,13,14). The third-order valence-corrected chi connectivity index (χ3v) is 2.74. The van der Waals surface area contributed by atoms with E-state index in [1.54, 1.807) is 7.11 Å². The second-order valence-corrected chi connectivity index (χ2v) is 3.91. The van der Waals surface area contributed by atoms with Crippen molar-refractivity contribution < 1.29 is 4.74 Å². The summed E-state index contributed by atoms with van der Waals surface area (Å²) in [4.78, 5) is 4.39. The Kier molecular flexibility index (Phi) is 3.10. The van der Waals surface area contributed by atoms with Gasteiger partial charge in [-0.25, -0.2) is 4.98 Å². The van der Waals surface area contributed by atoms with Gasteiger partial charge in [0.15, 0.2) is 0 Å². The molecular formula is C12H17N3O. The van der Waals surface area contributed by atoms with Crippen LogP contribution in [-0.2, 0) is 11.3 Å². The Morgan fingerprint density at radius 2 is 2.25 bits per heavy atom. The number of aryl methyl sites for hydroxylation is 2. The minimum atomic E-state index is 0.584. The molecule has 0 bridgehead atoms. The van der Waals surface area contributed by atoms with Crippen molar-refractivity contribution in [1.82, 2.24) is 9.55 Å². The summed E-state index contributed by atoms with van der Waals surface area (Å²) in [6.45, 7) is 3.64. The van der Waals surface area contributed by atoms with Crippen LogP contribution >= 0.6 is 0 Å². The molecule has 16 heavy (non-hydrogen) atoms. The number of imidazole rings is 1. The van der Waals surface area contributed by atoms with Gasteiger partial charge in [-0.3, -0.25) is 0 Å². The summed E-state index contributed by atoms with van der Waals surface area (Å²) in [7, 11) is 1.71. The number of hydrogen-bond donors (Lipinski definition) is 1. The summed E-state index contributed by atoms with van der Waals surface area (Å²) >= 11 is 0. The highest BCUT2D eigenvalue weighted by Gasteiger charge is 2.08. The van der Waals surface area contributed by atoms with Crippen LogP contribution in [0.1, 0.15) is 12.0 Å². The average Bonchev–Trinajstić information content (AvgIpc) is 2.58. The van der Waals surface area contributed by atoms with Gasteiger partial charge in [-0.05, 0) is 25.0 Å². The molecule has 2 rings (SSSR count). The van der Waals surface area contributed by atoms with E-state index < -0.39 is 0 Å². The largest absolute Gasteiger partial charge is 0.385 e. The van der Waals surface area contributed by atoms with Gasteiger partial charge in [-0.2, -0.15) is 0 Å². The van der Waals surface area contributed by atoms with Crippen LogP contribution in [0.25, 0.3) is 11.0 Å². The lowest BCUT2D eigenvalue weighted by molar-refractivity contribution is 0.191. The quantitative estimate of drug-likeness (QED) is 0.800. The smallest absolute Gasteiger partial charge is 0.201 e. The molecule has 0 fully saturated rings. The molecule has 0 atom stereocenters. The van der Waals surface area contributed by atoms with Crippen molar-refractivity contribution in [2.24, 2.45) is 0 Å². The minimum absolute atomic E-state index is 0.584. The molecule has 0 amide bonds. The van der Waals surface area contributed by atoms with E-state index in [9.17, 15) is 0 Å². The van der Waals surface area contributed by atoms with Gasteiger partial charge >= 0.3 is 0 Å². The molecule has 0 aliphatic heterocycles. The van der Waals surface area contributed by atoms with Crippen molar-refractivity contribution in [3.05, 3.63) is 23.8 Å². The SMILES string of the molecule is COCCCn1c(N)nc2c(C)cccc21. The molecule has 0 saturated heterocycles. The number of para-hydroxylation sites is 1. The van der Waals surface area contributed by atoms with Crippen LogP contribution in [0.5, 0.6) is 0 Å². The second kappa shape index (κ2) is 4.53. The second-order valence-electron chi connectivity index (χ2n) is 3.91. The number of hydrogen-bond acceptors (Lipinski definition) is 3. The number of nitrogens with zero attached hydrogens (tertiary/aromatic N) is 2. The monoisotopic (exact) mass is 219 g/mol. The molecule has 0 saturated carbocycles. The van der Waals surface area contributed by atoms with Crippen molar-refractivity contribution >= 4 is 17.0 Å². The summed E-state index contributed by atoms with van der Waals surface area (Å²) in [5.41, 5.74) is 9.18. The van der Waals surface area contributed by atoms with Crippen LogP contribution in [0.15, 0.2) is 18.2 Å². The number of rotatable bonds is 4. The van der Waals surface area contributed by atoms with Gasteiger partial charge in [0.2, 0.25) is 5.95 Å². The van der Waals surface area contributed by atoms with Gasteiger partial charge < -0.3 is 15.0 Å². The number of methoxy groups -OCH3 is 1. The molecule has 0 aliphatic carbocycles. The molecule has 0 unspecified atom stereocenters. The number of benzene rings is 1. The summed E-state index contributed by atoms with van der Waals surface area (Å²) < 4.78 is 7.08. The third kappa shape index (κ3) is 1.88. The lowest BCUT2D eigenvalue weighted by Gasteiger charge is -2.05. The highest BCUT2D eigenvalue weighted by atomic mass is 16.5. The van der Waals surface area contributed by atoms with Crippen molar-refractivity contribution in [3.63, 3.8) is 0 Å². The molecule has 0 spiro atoms. The molecule has 0 aliphatic rings. The maximum Gasteiger partial charge on any atom is 0.201 e. The molecule has 4 nitrogen and oxygen atoms in total. The molecule has 1 aromatic heterocycles. The molecule has 0 radical (unpaired) electrons. The summed E-state index contributed by atoms with van der Waals surface area (Å²) in [5.74, 6) is 0.584. The van der Waals surface area contributed by atoms with E-state index in [1.165, 1.54) is 0 Å². The zero-order chi connectivity index (χ0) is 11.5. The lowest BCUT2D eigenvalue weighted by atomic mass is 10.2. The Labute approximate surface area is 95.0 Å². The van der Waals surface area contributed by atoms with Crippen LogP contribution in [0.4, 0.5) is 5.95 Å². The molecule has 1 aromatic carbocycles. The average molecular weight is 219 g/mol. The predicted molar refractivity (Wildman–Crippen MR) is 65.4 cm³/mol. The molecular weight excluding hydrogens is 202 g/mol. The van der Waals surface area contributed by atoms with E-state index in [2.05, 4.69) is 11.1 Å². The first kappa shape index (κ1) is 11.0. The van der Waals surface area contributed by atoms with Crippen LogP contribution in [0.2, 0.25) is 0 Å². The highest BCUT2D eigenvalue weighted by Crippen LogP contribution is 2.21. The topological polar surface area (TPSA) is 53.1 Å². The lowest BCUT2D eigenvalue weighted by Crippen LogP contribution is -2.05. The fraction of sp³-hybridized carbons (Fsp3) is 0.417. The molecule has 86 valence electrons. The fourth-order valence-corrected chi connectivity index (χ4v) is 1.91. The summed E-state index contributed by atoms with van der Waals surface area (Å²) in [5, 5.41) is 0. The molecule has 4 heteroatoms. The van der Waals surface area contributed by atoms with Crippen LogP contribution in [0, 0.1) is 6.92 Å². The number of nitrogen functional groups attached to an aromatic ring is 1. The van der Waals surface area contributed by atoms with E-state index in [0.29, 0.717) is 5.95 Å². The van der Waals surface area contributed by atoms with Gasteiger partial charge in [0, 0.05) is 20.3 Å². The number of nitrogens with two attached hydrogens (primary N) is 1. The van der Waals surface area contributed by atoms with E-state index in [4.69, 9.17) is 10.5 Å². The summed E-state index contributed by atoms with van der Waals surface area (Å²) in [6.07, 6.45) is 0.945. The highest BCUT2D eigenvalue weighted by molar-refractivity contribution is 5.81. The van der Waals surface area contributed by atoms with E-state index in [1.807, 2.05) is 23.6 Å². The van der Waals surface area contributed by atoms with Crippen molar-refractivity contribution in [3.8, 4) is 0 Å². The zero-order valence-electron chi connectivity index (χ0n) is 9.73. The van der Waals surface area contributed by atoms with Crippen LogP contribution < -0.4 is 5.73 Å². The van der Waals surface area contributed by atoms with Crippen molar-refractivity contribution in [2.45, 2.75) is 19.9 Å². The van der Waals surface area contributed by atoms with E-state index in [-0.39, 0.29) is 0 Å². The molecule has 2 N–H and O–H groups in total. The Morgan fingerprint density at radius 3 is 3.00 bits per heavy atom. The van der Waals surface area contributed by atoms with E-state index >= 15 is 0 Å². The van der Waals surface area contributed by atoms with Crippen molar-refractivity contribution in [2.75, 3.05) is 19.5 Å². The first-order valence-electron chi connectivity index (χ1n) is 5.44. The normalized spacial score (nSPS) is 11.1. The zero-order valence-corrected chi connectivity index (χ0v) is 9.73. The fourth-order valence-electron chi connectivity index (χ4n) is 1.91. The third-order valence-electron chi connectivity index (χ3n) is 2.74. The first-order chi connectivity index (χ1) is 7.74. The Bertz CT molecular complexity index is 490. The first-order valence-corrected chi connectivity index (χ1v) is 5.44. The van der Waals surface area contributed by atoms with Gasteiger partial charge in [0.05, 0.1) is 11.0 Å². The van der Waals surface area contributed by atoms with Gasteiger partial charge in [-0.15, -0.1) is 0 Å². The predicted octanol–water partition coefficient (Wildman–Crippen LogP) is 1.96. The van der Waals surface area contributed by atoms with Gasteiger partial charge in [-0.1, -0.05) is 12.1 Å². The minimum Gasteiger partial charge on any atom is -0.385 e. The maximum atomic E-state index is 5.92. The van der Waals surface area contributed by atoms with E-state index in [0.717, 1.165) is 36.2 Å². The Hall–Kier alpha value is -1.55. The Morgan fingerprint density at radius 1 is 1.44 bits per heavy atom.